The molecule has 0 unspecified atom stereocenters. The SMILES string of the molecule is Nc1snnc1Cn1cc(Br)cc([N+](=O)[O-])c1=O. The number of nitrogen functional groups attached to an aromatic ring is 1. The smallest absolute Gasteiger partial charge is 0.335 e. The Morgan fingerprint density at radius 3 is 2.89 bits per heavy atom. The normalized spacial score (nSPS) is 10.5. The summed E-state index contributed by atoms with van der Waals surface area (Å²) in [5.74, 6) is 0. The van der Waals surface area contributed by atoms with Crippen LogP contribution in [0.25, 0.3) is 0 Å². The first-order valence-corrected chi connectivity index (χ1v) is 6.16. The van der Waals surface area contributed by atoms with Crippen molar-refractivity contribution in [1.82, 2.24) is 14.2 Å². The van der Waals surface area contributed by atoms with Gasteiger partial charge in [-0.2, -0.15) is 0 Å². The molecule has 10 heteroatoms. The molecule has 94 valence electrons. The maximum Gasteiger partial charge on any atom is 0.335 e. The van der Waals surface area contributed by atoms with E-state index in [4.69, 9.17) is 5.73 Å². The van der Waals surface area contributed by atoms with Gasteiger partial charge in [-0.3, -0.25) is 14.9 Å². The summed E-state index contributed by atoms with van der Waals surface area (Å²) >= 11 is 4.11. The van der Waals surface area contributed by atoms with Crippen molar-refractivity contribution in [3.05, 3.63) is 42.9 Å². The van der Waals surface area contributed by atoms with Gasteiger partial charge in [-0.1, -0.05) is 4.49 Å². The zero-order valence-corrected chi connectivity index (χ0v) is 11.1. The van der Waals surface area contributed by atoms with Gasteiger partial charge in [-0.25, -0.2) is 0 Å². The van der Waals surface area contributed by atoms with Crippen LogP contribution in [0.3, 0.4) is 0 Å². The molecular weight excluding hydrogens is 326 g/mol. The Morgan fingerprint density at radius 1 is 1.61 bits per heavy atom. The van der Waals surface area contributed by atoms with Gasteiger partial charge in [0.2, 0.25) is 0 Å². The second-order valence-corrected chi connectivity index (χ2v) is 5.02. The van der Waals surface area contributed by atoms with E-state index in [-0.39, 0.29) is 6.54 Å². The molecule has 0 fully saturated rings. The van der Waals surface area contributed by atoms with Crippen LogP contribution in [0.1, 0.15) is 5.69 Å². The van der Waals surface area contributed by atoms with Crippen molar-refractivity contribution in [2.45, 2.75) is 6.54 Å². The van der Waals surface area contributed by atoms with Crippen LogP contribution >= 0.6 is 27.5 Å². The summed E-state index contributed by atoms with van der Waals surface area (Å²) in [5.41, 5.74) is 4.80. The first-order chi connectivity index (χ1) is 8.49. The maximum absolute atomic E-state index is 11.8. The lowest BCUT2D eigenvalue weighted by atomic mass is 10.4. The Kier molecular flexibility index (Phi) is 3.39. The molecule has 0 bridgehead atoms. The van der Waals surface area contributed by atoms with Crippen LogP contribution in [0.15, 0.2) is 21.5 Å². The molecule has 0 aliphatic rings. The monoisotopic (exact) mass is 331 g/mol. The summed E-state index contributed by atoms with van der Waals surface area (Å²) in [7, 11) is 0. The zero-order chi connectivity index (χ0) is 13.3. The van der Waals surface area contributed by atoms with E-state index < -0.39 is 16.2 Å². The van der Waals surface area contributed by atoms with Gasteiger partial charge in [0.25, 0.3) is 0 Å². The number of hydrogen-bond donors (Lipinski definition) is 1. The van der Waals surface area contributed by atoms with Crippen molar-refractivity contribution in [3.8, 4) is 0 Å². The van der Waals surface area contributed by atoms with Gasteiger partial charge in [0.1, 0.15) is 10.7 Å². The Bertz CT molecular complexity index is 667. The molecule has 2 N–H and O–H groups in total. The van der Waals surface area contributed by atoms with Gasteiger partial charge in [-0.15, -0.1) is 5.10 Å². The number of aromatic nitrogens is 3. The summed E-state index contributed by atoms with van der Waals surface area (Å²) in [6.07, 6.45) is 1.44. The number of nitro groups is 1. The molecule has 0 aliphatic heterocycles. The summed E-state index contributed by atoms with van der Waals surface area (Å²) in [5, 5.41) is 14.9. The van der Waals surface area contributed by atoms with E-state index in [1.54, 1.807) is 0 Å². The minimum atomic E-state index is -0.730. The van der Waals surface area contributed by atoms with Crippen LogP contribution < -0.4 is 11.3 Å². The quantitative estimate of drug-likeness (QED) is 0.662. The topological polar surface area (TPSA) is 117 Å². The average Bonchev–Trinajstić information content (AvgIpc) is 2.69. The minimum Gasteiger partial charge on any atom is -0.388 e. The van der Waals surface area contributed by atoms with Gasteiger partial charge >= 0.3 is 11.2 Å². The summed E-state index contributed by atoms with van der Waals surface area (Å²) in [4.78, 5) is 21.8. The molecule has 2 aromatic rings. The van der Waals surface area contributed by atoms with Crippen LogP contribution in [-0.4, -0.2) is 19.1 Å². The van der Waals surface area contributed by atoms with Crippen molar-refractivity contribution in [2.75, 3.05) is 5.73 Å². The molecule has 0 saturated heterocycles. The van der Waals surface area contributed by atoms with Crippen LogP contribution in [0.4, 0.5) is 10.7 Å². The van der Waals surface area contributed by atoms with Crippen molar-refractivity contribution >= 4 is 38.2 Å². The number of rotatable bonds is 3. The van der Waals surface area contributed by atoms with Gasteiger partial charge in [-0.05, 0) is 15.9 Å². The van der Waals surface area contributed by atoms with E-state index >= 15 is 0 Å². The second kappa shape index (κ2) is 4.82. The number of nitrogens with two attached hydrogens (primary N) is 1. The molecule has 0 atom stereocenters. The fourth-order valence-electron chi connectivity index (χ4n) is 1.32. The van der Waals surface area contributed by atoms with E-state index in [1.165, 1.54) is 6.20 Å². The van der Waals surface area contributed by atoms with E-state index in [0.717, 1.165) is 22.2 Å². The number of halogens is 1. The minimum absolute atomic E-state index is 0.0431. The molecule has 2 rings (SSSR count). The molecule has 0 radical (unpaired) electrons. The maximum atomic E-state index is 11.8. The molecule has 18 heavy (non-hydrogen) atoms. The van der Waals surface area contributed by atoms with Crippen molar-refractivity contribution in [2.24, 2.45) is 0 Å². The molecule has 0 spiro atoms. The molecule has 2 aromatic heterocycles. The lowest BCUT2D eigenvalue weighted by Gasteiger charge is -2.04. The first kappa shape index (κ1) is 12.6. The third-order valence-corrected chi connectivity index (χ3v) is 3.16. The summed E-state index contributed by atoms with van der Waals surface area (Å²) in [6, 6.07) is 1.15. The summed E-state index contributed by atoms with van der Waals surface area (Å²) < 4.78 is 5.22. The largest absolute Gasteiger partial charge is 0.388 e. The predicted molar refractivity (Wildman–Crippen MR) is 68.5 cm³/mol. The molecule has 8 nitrogen and oxygen atoms in total. The molecule has 2 heterocycles. The lowest BCUT2D eigenvalue weighted by molar-refractivity contribution is -0.386. The van der Waals surface area contributed by atoms with Crippen molar-refractivity contribution < 1.29 is 4.92 Å². The Hall–Kier alpha value is -1.81. The van der Waals surface area contributed by atoms with E-state index in [2.05, 4.69) is 25.5 Å². The molecule has 0 aliphatic carbocycles. The first-order valence-electron chi connectivity index (χ1n) is 4.60. The van der Waals surface area contributed by atoms with Crippen LogP contribution in [0.5, 0.6) is 0 Å². The van der Waals surface area contributed by atoms with Crippen molar-refractivity contribution in [3.63, 3.8) is 0 Å². The highest BCUT2D eigenvalue weighted by Crippen LogP contribution is 2.17. The molecule has 0 saturated carbocycles. The van der Waals surface area contributed by atoms with E-state index in [9.17, 15) is 14.9 Å². The third-order valence-electron chi connectivity index (χ3n) is 2.14. The van der Waals surface area contributed by atoms with Crippen molar-refractivity contribution in [1.29, 1.82) is 0 Å². The van der Waals surface area contributed by atoms with Crippen LogP contribution in [-0.2, 0) is 6.54 Å². The number of pyridine rings is 1. The van der Waals surface area contributed by atoms with Crippen LogP contribution in [0, 0.1) is 10.1 Å². The zero-order valence-electron chi connectivity index (χ0n) is 8.74. The third kappa shape index (κ3) is 2.38. The van der Waals surface area contributed by atoms with E-state index in [1.807, 2.05) is 0 Å². The van der Waals surface area contributed by atoms with E-state index in [0.29, 0.717) is 15.2 Å². The summed E-state index contributed by atoms with van der Waals surface area (Å²) in [6.45, 7) is 0.0431. The molecular formula is C8H6BrN5O3S. The number of nitrogens with zero attached hydrogens (tertiary/aromatic N) is 4. The lowest BCUT2D eigenvalue weighted by Crippen LogP contribution is -2.23. The molecule has 0 amide bonds. The number of hydrogen-bond acceptors (Lipinski definition) is 7. The fourth-order valence-corrected chi connectivity index (χ4v) is 2.22. The standard InChI is InChI=1S/C8H6BrN5O3S/c9-4-1-6(14(16)17)8(15)13(2-4)3-5-7(10)18-12-11-5/h1-2H,3,10H2. The number of anilines is 1. The second-order valence-electron chi connectivity index (χ2n) is 3.32. The van der Waals surface area contributed by atoms with Gasteiger partial charge in [0.15, 0.2) is 0 Å². The highest BCUT2D eigenvalue weighted by atomic mass is 79.9. The predicted octanol–water partition coefficient (Wildman–Crippen LogP) is 1.00. The van der Waals surface area contributed by atoms with Crippen LogP contribution in [0.2, 0.25) is 0 Å². The average molecular weight is 332 g/mol. The van der Waals surface area contributed by atoms with Gasteiger partial charge in [0, 0.05) is 28.3 Å². The highest BCUT2D eigenvalue weighted by molar-refractivity contribution is 9.10. The Labute approximate surface area is 112 Å². The van der Waals surface area contributed by atoms with Gasteiger partial charge < -0.3 is 10.3 Å². The molecule has 0 aromatic carbocycles. The Morgan fingerprint density at radius 2 is 2.33 bits per heavy atom. The Balaban J connectivity index is 2.49. The highest BCUT2D eigenvalue weighted by Gasteiger charge is 2.17. The van der Waals surface area contributed by atoms with Gasteiger partial charge in [0.05, 0.1) is 11.5 Å². The fraction of sp³-hybridized carbons (Fsp3) is 0.125.